The Morgan fingerprint density at radius 2 is 2.00 bits per heavy atom. The molecule has 1 aromatic heterocycles. The zero-order valence-corrected chi connectivity index (χ0v) is 15.1. The summed E-state index contributed by atoms with van der Waals surface area (Å²) < 4.78 is 27.1. The molecule has 1 aromatic carbocycles. The summed E-state index contributed by atoms with van der Waals surface area (Å²) in [5.74, 6) is -1.96. The monoisotopic (exact) mass is 383 g/mol. The molecule has 1 unspecified atom stereocenters. The van der Waals surface area contributed by atoms with Gasteiger partial charge in [0.15, 0.2) is 0 Å². The zero-order chi connectivity index (χ0) is 18.4. The normalized spacial score (nSPS) is 13.2. The van der Waals surface area contributed by atoms with Crippen molar-refractivity contribution in [2.24, 2.45) is 0 Å². The van der Waals surface area contributed by atoms with Gasteiger partial charge in [-0.05, 0) is 42.6 Å². The maximum absolute atomic E-state index is 13.0. The first-order valence-corrected chi connectivity index (χ1v) is 10.2. The van der Waals surface area contributed by atoms with Gasteiger partial charge in [-0.1, -0.05) is 14.6 Å². The second-order valence-corrected chi connectivity index (χ2v) is 8.09. The van der Waals surface area contributed by atoms with Crippen molar-refractivity contribution in [1.82, 2.24) is 14.8 Å². The number of benzene rings is 1. The predicted molar refractivity (Wildman–Crippen MR) is 93.0 cm³/mol. The Morgan fingerprint density at radius 1 is 1.32 bits per heavy atom. The van der Waals surface area contributed by atoms with Crippen molar-refractivity contribution in [2.75, 3.05) is 6.66 Å². The van der Waals surface area contributed by atoms with Crippen LogP contribution in [0.2, 0.25) is 0 Å². The lowest BCUT2D eigenvalue weighted by Crippen LogP contribution is -2.46. The van der Waals surface area contributed by atoms with Crippen LogP contribution < -0.4 is 5.48 Å². The molecule has 8 nitrogen and oxygen atoms in total. The van der Waals surface area contributed by atoms with E-state index in [4.69, 9.17) is 5.21 Å². The fraction of sp³-hybridized carbons (Fsp3) is 0.200. The first-order chi connectivity index (χ1) is 11.9. The maximum atomic E-state index is 13.0. The number of rotatable bonds is 7. The second kappa shape index (κ2) is 8.35. The van der Waals surface area contributed by atoms with E-state index in [-0.39, 0.29) is 25.8 Å². The molecule has 0 bridgehead atoms. The van der Waals surface area contributed by atoms with E-state index in [1.807, 2.05) is 0 Å². The van der Waals surface area contributed by atoms with E-state index in [1.54, 1.807) is 25.0 Å². The van der Waals surface area contributed by atoms with Gasteiger partial charge in [-0.25, -0.2) is 13.9 Å². The summed E-state index contributed by atoms with van der Waals surface area (Å²) in [6.45, 7) is 1.58. The molecule has 0 spiro atoms. The Kier molecular flexibility index (Phi) is 6.44. The van der Waals surface area contributed by atoms with Gasteiger partial charge in [-0.15, -0.1) is 0 Å². The molecule has 0 fully saturated rings. The third kappa shape index (κ3) is 4.52. The summed E-state index contributed by atoms with van der Waals surface area (Å²) in [4.78, 5) is 15.9. The predicted octanol–water partition coefficient (Wildman–Crippen LogP) is 1.12. The highest BCUT2D eigenvalue weighted by Gasteiger charge is 2.35. The van der Waals surface area contributed by atoms with Crippen molar-refractivity contribution in [3.8, 4) is 5.75 Å². The summed E-state index contributed by atoms with van der Waals surface area (Å²) >= 11 is 0. The van der Waals surface area contributed by atoms with E-state index >= 15 is 0 Å². The molecule has 0 aliphatic carbocycles. The van der Waals surface area contributed by atoms with Crippen molar-refractivity contribution < 1.29 is 23.5 Å². The molecule has 1 amide bonds. The Balaban J connectivity index is 2.48. The molecule has 1 heterocycles. The molecule has 0 saturated heterocycles. The number of nitrogens with zero attached hydrogens (tertiary/aromatic N) is 2. The van der Waals surface area contributed by atoms with E-state index in [0.717, 1.165) is 4.31 Å². The van der Waals surface area contributed by atoms with Crippen LogP contribution in [0.15, 0.2) is 53.7 Å². The third-order valence-corrected chi connectivity index (χ3v) is 6.56. The molecule has 2 aromatic rings. The van der Waals surface area contributed by atoms with Crippen molar-refractivity contribution in [3.63, 3.8) is 0 Å². The molecule has 0 aliphatic heterocycles. The topological polar surface area (TPSA) is 120 Å². The number of pyridine rings is 1. The van der Waals surface area contributed by atoms with Crippen molar-refractivity contribution in [3.05, 3.63) is 54.4 Å². The molecule has 25 heavy (non-hydrogen) atoms. The average molecular weight is 383 g/mol. The lowest BCUT2D eigenvalue weighted by atomic mass is 10.3. The number of hydrogen-bond acceptors (Lipinski definition) is 6. The lowest BCUT2D eigenvalue weighted by molar-refractivity contribution is -0.130. The van der Waals surface area contributed by atoms with Gasteiger partial charge in [0, 0.05) is 18.9 Å². The smallest absolute Gasteiger partial charge is 0.265 e. The summed E-state index contributed by atoms with van der Waals surface area (Å²) in [6, 6.07) is 8.38. The first kappa shape index (κ1) is 19.3. The van der Waals surface area contributed by atoms with Crippen LogP contribution in [0.25, 0.3) is 0 Å². The minimum atomic E-state index is -4.05. The van der Waals surface area contributed by atoms with Crippen LogP contribution in [0.5, 0.6) is 5.75 Å². The molecular weight excluding hydrogens is 365 g/mol. The van der Waals surface area contributed by atoms with Crippen LogP contribution in [0.4, 0.5) is 0 Å². The number of phenols is 1. The average Bonchev–Trinajstić information content (AvgIpc) is 2.62. The summed E-state index contributed by atoms with van der Waals surface area (Å²) in [5, 5.41) is 18.3. The molecule has 0 saturated carbocycles. The molecular formula is C15H18N3O5PS. The molecule has 2 atom stereocenters. The van der Waals surface area contributed by atoms with E-state index in [2.05, 4.69) is 4.98 Å². The van der Waals surface area contributed by atoms with Gasteiger partial charge in [0.25, 0.3) is 5.91 Å². The van der Waals surface area contributed by atoms with Gasteiger partial charge in [-0.2, -0.15) is 4.31 Å². The van der Waals surface area contributed by atoms with Gasteiger partial charge < -0.3 is 5.11 Å². The number of sulfonamides is 1. The Hall–Kier alpha value is -2.06. The highest BCUT2D eigenvalue weighted by atomic mass is 32.2. The van der Waals surface area contributed by atoms with Gasteiger partial charge in [0.1, 0.15) is 11.5 Å². The molecule has 134 valence electrons. The molecule has 10 heteroatoms. The summed E-state index contributed by atoms with van der Waals surface area (Å²) in [5.41, 5.74) is 2.12. The molecule has 0 aliphatic rings. The summed E-state index contributed by atoms with van der Waals surface area (Å²) in [6.07, 6.45) is 3.06. The van der Waals surface area contributed by atoms with E-state index in [1.165, 1.54) is 35.9 Å². The van der Waals surface area contributed by atoms with Crippen molar-refractivity contribution in [1.29, 1.82) is 0 Å². The molecule has 3 N–H and O–H groups in total. The number of carbonyl (C=O) groups is 1. The zero-order valence-electron chi connectivity index (χ0n) is 13.3. The van der Waals surface area contributed by atoms with Crippen LogP contribution in [0, 0.1) is 0 Å². The number of phenolic OH excluding ortho intramolecular Hbond substituents is 1. The number of amides is 1. The van der Waals surface area contributed by atoms with Crippen LogP contribution in [0.3, 0.4) is 0 Å². The lowest BCUT2D eigenvalue weighted by Gasteiger charge is -2.28. The third-order valence-electron chi connectivity index (χ3n) is 3.42. The maximum Gasteiger partial charge on any atom is 0.265 e. The van der Waals surface area contributed by atoms with Gasteiger partial charge >= 0.3 is 0 Å². The standard InChI is InChI=1S/C15H18N3O5PS/c1-24-15(14(20)17-21)18(10-11-3-2-8-16-9-11)25(22,23)13-6-4-12(19)5-7-13/h2-9,15,19,21,24H,10H2,1H3,(H,17,20)/t15-/m1/s1. The highest BCUT2D eigenvalue weighted by Crippen LogP contribution is 2.29. The molecule has 0 radical (unpaired) electrons. The molecule has 2 rings (SSSR count). The van der Waals surface area contributed by atoms with Crippen LogP contribution in [-0.4, -0.2) is 46.4 Å². The number of carbonyl (C=O) groups excluding carboxylic acids is 1. The van der Waals surface area contributed by atoms with Gasteiger partial charge in [-0.3, -0.25) is 15.0 Å². The Labute approximate surface area is 147 Å². The van der Waals surface area contributed by atoms with Crippen molar-refractivity contribution >= 4 is 24.5 Å². The van der Waals surface area contributed by atoms with Gasteiger partial charge in [0.2, 0.25) is 10.0 Å². The largest absolute Gasteiger partial charge is 0.508 e. The quantitative estimate of drug-likeness (QED) is 0.374. The van der Waals surface area contributed by atoms with E-state index in [9.17, 15) is 18.3 Å². The number of nitrogens with one attached hydrogen (secondary N) is 1. The number of aromatic hydroxyl groups is 1. The second-order valence-electron chi connectivity index (χ2n) is 5.07. The minimum Gasteiger partial charge on any atom is -0.508 e. The SMILES string of the molecule is CP[C@H](C(=O)NO)N(Cc1cccnc1)S(=O)(=O)c1ccc(O)cc1. The van der Waals surface area contributed by atoms with E-state index < -0.39 is 21.7 Å². The number of hydroxylamine groups is 1. The summed E-state index contributed by atoms with van der Waals surface area (Å²) in [7, 11) is -4.16. The fourth-order valence-electron chi connectivity index (χ4n) is 2.21. The fourth-order valence-corrected chi connectivity index (χ4v) is 5.09. The Morgan fingerprint density at radius 3 is 2.52 bits per heavy atom. The first-order valence-electron chi connectivity index (χ1n) is 7.21. The highest BCUT2D eigenvalue weighted by molar-refractivity contribution is 7.89. The number of hydrogen-bond donors (Lipinski definition) is 3. The van der Waals surface area contributed by atoms with Crippen LogP contribution >= 0.6 is 8.58 Å². The van der Waals surface area contributed by atoms with Crippen LogP contribution in [0.1, 0.15) is 5.56 Å². The Bertz CT molecular complexity index is 815. The van der Waals surface area contributed by atoms with Crippen molar-refractivity contribution in [2.45, 2.75) is 17.2 Å². The minimum absolute atomic E-state index is 0.0665. The van der Waals surface area contributed by atoms with Gasteiger partial charge in [0.05, 0.1) is 4.90 Å². The number of aromatic nitrogens is 1. The van der Waals surface area contributed by atoms with Crippen LogP contribution in [-0.2, 0) is 21.4 Å². The van der Waals surface area contributed by atoms with E-state index in [0.29, 0.717) is 5.56 Å².